The van der Waals surface area contributed by atoms with Gasteiger partial charge in [0.05, 0.1) is 5.92 Å². The molecule has 2 atom stereocenters. The van der Waals surface area contributed by atoms with E-state index in [0.717, 1.165) is 36.8 Å². The molecule has 2 fully saturated rings. The van der Waals surface area contributed by atoms with Crippen LogP contribution in [0.4, 0.5) is 15.6 Å². The monoisotopic (exact) mass is 491 g/mol. The van der Waals surface area contributed by atoms with Gasteiger partial charge in [-0.15, -0.1) is 11.3 Å². The number of carbonyl (C=O) groups excluding carboxylic acids is 2. The summed E-state index contributed by atoms with van der Waals surface area (Å²) >= 11 is 4.93. The molecule has 0 spiro atoms. The molecule has 1 aromatic carbocycles. The molecule has 9 heteroatoms. The number of urea groups is 1. The number of thiazole rings is 1. The highest BCUT2D eigenvalue weighted by molar-refractivity contribution is 9.10. The highest BCUT2D eigenvalue weighted by atomic mass is 79.9. The van der Waals surface area contributed by atoms with E-state index in [2.05, 4.69) is 48.6 Å². The topological polar surface area (TPSA) is 77.6 Å². The maximum Gasteiger partial charge on any atom is 0.317 e. The Balaban J connectivity index is 1.23. The maximum absolute atomic E-state index is 12.7. The first-order valence-corrected chi connectivity index (χ1v) is 12.0. The largest absolute Gasteiger partial charge is 0.371 e. The lowest BCUT2D eigenvalue weighted by Crippen LogP contribution is -2.48. The van der Waals surface area contributed by atoms with Crippen molar-refractivity contribution >= 4 is 50.0 Å². The zero-order valence-corrected chi connectivity index (χ0v) is 19.1. The van der Waals surface area contributed by atoms with E-state index in [-0.39, 0.29) is 17.9 Å². The molecule has 2 aromatic rings. The molecule has 2 aliphatic heterocycles. The van der Waals surface area contributed by atoms with Gasteiger partial charge in [0, 0.05) is 54.5 Å². The van der Waals surface area contributed by atoms with Crippen molar-refractivity contribution in [3.05, 3.63) is 40.3 Å². The lowest BCUT2D eigenvalue weighted by atomic mass is 9.97. The van der Waals surface area contributed by atoms with Crippen LogP contribution in [-0.4, -0.2) is 54.5 Å². The first-order valence-electron chi connectivity index (χ1n) is 10.3. The van der Waals surface area contributed by atoms with Crippen LogP contribution in [-0.2, 0) is 4.79 Å². The van der Waals surface area contributed by atoms with Gasteiger partial charge in [-0.05, 0) is 43.4 Å². The van der Waals surface area contributed by atoms with Crippen LogP contribution in [0.15, 0.2) is 40.3 Å². The molecular formula is C21H26BrN5O2S. The molecule has 160 valence electrons. The van der Waals surface area contributed by atoms with Gasteiger partial charge in [-0.2, -0.15) is 0 Å². The third-order valence-electron chi connectivity index (χ3n) is 5.74. The molecule has 7 nitrogen and oxygen atoms in total. The number of benzene rings is 1. The molecule has 0 bridgehead atoms. The molecular weight excluding hydrogens is 466 g/mol. The Morgan fingerprint density at radius 3 is 2.93 bits per heavy atom. The summed E-state index contributed by atoms with van der Waals surface area (Å²) in [5.41, 5.74) is 1.21. The summed E-state index contributed by atoms with van der Waals surface area (Å²) in [5.74, 6) is 0.191. The lowest BCUT2D eigenvalue weighted by Gasteiger charge is -2.32. The van der Waals surface area contributed by atoms with E-state index in [4.69, 9.17) is 0 Å². The Labute approximate surface area is 189 Å². The van der Waals surface area contributed by atoms with Gasteiger partial charge in [0.15, 0.2) is 5.13 Å². The molecule has 1 aromatic heterocycles. The summed E-state index contributed by atoms with van der Waals surface area (Å²) in [7, 11) is 0. The molecule has 4 rings (SSSR count). The van der Waals surface area contributed by atoms with Crippen LogP contribution < -0.4 is 15.5 Å². The number of anilines is 2. The summed E-state index contributed by atoms with van der Waals surface area (Å²) in [6.45, 7) is 3.75. The Kier molecular flexibility index (Phi) is 6.89. The number of nitrogens with zero attached hydrogens (tertiary/aromatic N) is 3. The van der Waals surface area contributed by atoms with E-state index in [0.29, 0.717) is 30.7 Å². The number of hydrogen-bond acceptors (Lipinski definition) is 5. The number of rotatable bonds is 5. The molecule has 30 heavy (non-hydrogen) atoms. The number of carbonyl (C=O) groups is 2. The third-order valence-corrected chi connectivity index (χ3v) is 6.92. The quantitative estimate of drug-likeness (QED) is 0.666. The van der Waals surface area contributed by atoms with E-state index in [1.807, 2.05) is 17.5 Å². The van der Waals surface area contributed by atoms with Gasteiger partial charge in [-0.1, -0.05) is 22.0 Å². The van der Waals surface area contributed by atoms with Crippen LogP contribution >= 0.6 is 27.3 Å². The number of piperidine rings is 1. The molecule has 0 unspecified atom stereocenters. The van der Waals surface area contributed by atoms with Crippen LogP contribution in [0, 0.1) is 11.8 Å². The van der Waals surface area contributed by atoms with Gasteiger partial charge in [-0.3, -0.25) is 4.79 Å². The minimum atomic E-state index is -0.188. The van der Waals surface area contributed by atoms with Gasteiger partial charge >= 0.3 is 6.03 Å². The van der Waals surface area contributed by atoms with E-state index >= 15 is 0 Å². The Hall–Kier alpha value is -2.13. The van der Waals surface area contributed by atoms with Crippen LogP contribution in [0.25, 0.3) is 0 Å². The SMILES string of the molecule is O=C(Nc1nccs1)[C@@H]1CCCN(C(=O)NC[C@H]2CCN(c3cccc(Br)c3)C2)C1. The number of aromatic nitrogens is 1. The van der Waals surface area contributed by atoms with Crippen molar-refractivity contribution in [3.63, 3.8) is 0 Å². The lowest BCUT2D eigenvalue weighted by molar-refractivity contribution is -0.121. The summed E-state index contributed by atoms with van der Waals surface area (Å²) < 4.78 is 1.08. The van der Waals surface area contributed by atoms with E-state index < -0.39 is 0 Å². The van der Waals surface area contributed by atoms with Crippen molar-refractivity contribution < 1.29 is 9.59 Å². The molecule has 2 N–H and O–H groups in total. The predicted octanol–water partition coefficient (Wildman–Crippen LogP) is 3.79. The summed E-state index contributed by atoms with van der Waals surface area (Å²) in [6, 6.07) is 8.26. The molecule has 0 radical (unpaired) electrons. The number of amides is 3. The fourth-order valence-electron chi connectivity index (χ4n) is 4.12. The van der Waals surface area contributed by atoms with Gasteiger partial charge in [0.1, 0.15) is 0 Å². The Bertz CT molecular complexity index is 878. The van der Waals surface area contributed by atoms with E-state index in [1.165, 1.54) is 17.0 Å². The first-order chi connectivity index (χ1) is 14.6. The van der Waals surface area contributed by atoms with Crippen LogP contribution in [0.5, 0.6) is 0 Å². The van der Waals surface area contributed by atoms with E-state index in [9.17, 15) is 9.59 Å². The van der Waals surface area contributed by atoms with Crippen molar-refractivity contribution in [2.24, 2.45) is 11.8 Å². The number of likely N-dealkylation sites (tertiary alicyclic amines) is 1. The average molecular weight is 492 g/mol. The standard InChI is InChI=1S/C21H26BrN5O2S/c22-17-4-1-5-18(11-17)26-9-6-15(13-26)12-24-21(29)27-8-2-3-16(14-27)19(28)25-20-23-7-10-30-20/h1,4-5,7,10-11,15-16H,2-3,6,8-9,12-14H2,(H,24,29)(H,23,25,28)/t15-,16-/m1/s1. The highest BCUT2D eigenvalue weighted by Crippen LogP contribution is 2.26. The zero-order chi connectivity index (χ0) is 20.9. The van der Waals surface area contributed by atoms with Gasteiger partial charge in [0.2, 0.25) is 5.91 Å². The van der Waals surface area contributed by atoms with Gasteiger partial charge in [-0.25, -0.2) is 9.78 Å². The fraction of sp³-hybridized carbons (Fsp3) is 0.476. The van der Waals surface area contributed by atoms with Crippen molar-refractivity contribution in [1.29, 1.82) is 0 Å². The predicted molar refractivity (Wildman–Crippen MR) is 123 cm³/mol. The number of halogens is 1. The minimum absolute atomic E-state index is 0.0529. The second-order valence-electron chi connectivity index (χ2n) is 7.88. The second kappa shape index (κ2) is 9.78. The Morgan fingerprint density at radius 1 is 1.23 bits per heavy atom. The molecule has 3 amide bonds. The minimum Gasteiger partial charge on any atom is -0.371 e. The highest BCUT2D eigenvalue weighted by Gasteiger charge is 2.30. The van der Waals surface area contributed by atoms with Crippen LogP contribution in [0.2, 0.25) is 0 Å². The maximum atomic E-state index is 12.7. The normalized spacial score (nSPS) is 21.5. The van der Waals surface area contributed by atoms with Crippen LogP contribution in [0.3, 0.4) is 0 Å². The van der Waals surface area contributed by atoms with Crippen molar-refractivity contribution in [1.82, 2.24) is 15.2 Å². The summed E-state index contributed by atoms with van der Waals surface area (Å²) in [6.07, 6.45) is 4.36. The average Bonchev–Trinajstić information content (AvgIpc) is 3.44. The molecule has 0 saturated carbocycles. The van der Waals surface area contributed by atoms with Crippen LogP contribution in [0.1, 0.15) is 19.3 Å². The first kappa shape index (κ1) is 21.1. The van der Waals surface area contributed by atoms with Gasteiger partial charge < -0.3 is 20.4 Å². The van der Waals surface area contributed by atoms with Crippen molar-refractivity contribution in [2.75, 3.05) is 42.9 Å². The molecule has 2 saturated heterocycles. The number of nitrogens with one attached hydrogen (secondary N) is 2. The molecule has 3 heterocycles. The van der Waals surface area contributed by atoms with E-state index in [1.54, 1.807) is 11.1 Å². The second-order valence-corrected chi connectivity index (χ2v) is 9.69. The number of hydrogen-bond donors (Lipinski definition) is 2. The Morgan fingerprint density at radius 2 is 2.13 bits per heavy atom. The summed E-state index contributed by atoms with van der Waals surface area (Å²) in [5, 5.41) is 8.38. The third kappa shape index (κ3) is 5.31. The fourth-order valence-corrected chi connectivity index (χ4v) is 5.04. The van der Waals surface area contributed by atoms with Gasteiger partial charge in [0.25, 0.3) is 0 Å². The molecule has 2 aliphatic rings. The zero-order valence-electron chi connectivity index (χ0n) is 16.7. The molecule has 0 aliphatic carbocycles. The smallest absolute Gasteiger partial charge is 0.317 e. The summed E-state index contributed by atoms with van der Waals surface area (Å²) in [4.78, 5) is 33.4. The van der Waals surface area contributed by atoms with Crippen molar-refractivity contribution in [2.45, 2.75) is 19.3 Å². The van der Waals surface area contributed by atoms with Crippen molar-refractivity contribution in [3.8, 4) is 0 Å².